The lowest BCUT2D eigenvalue weighted by Gasteiger charge is -2.35. The van der Waals surface area contributed by atoms with Crippen LogP contribution in [0.1, 0.15) is 54.0 Å². The van der Waals surface area contributed by atoms with Crippen LogP contribution in [-0.4, -0.2) is 58.3 Å². The van der Waals surface area contributed by atoms with Gasteiger partial charge in [-0.1, -0.05) is 29.8 Å². The van der Waals surface area contributed by atoms with Gasteiger partial charge in [-0.15, -0.1) is 0 Å². The molecular formula is C24H30ClN3O4S2. The van der Waals surface area contributed by atoms with Gasteiger partial charge in [-0.05, 0) is 72.1 Å². The number of allylic oxidation sites excluding steroid dienone is 1. The summed E-state index contributed by atoms with van der Waals surface area (Å²) >= 11 is 6.37. The molecule has 0 radical (unpaired) electrons. The molecule has 184 valence electrons. The van der Waals surface area contributed by atoms with Crippen molar-refractivity contribution in [2.45, 2.75) is 31.6 Å². The van der Waals surface area contributed by atoms with Crippen LogP contribution >= 0.6 is 11.6 Å². The molecule has 2 heterocycles. The van der Waals surface area contributed by atoms with Gasteiger partial charge in [0.25, 0.3) is 0 Å². The monoisotopic (exact) mass is 523 g/mol. The molecule has 0 saturated carbocycles. The van der Waals surface area contributed by atoms with Gasteiger partial charge in [0.15, 0.2) is 0 Å². The zero-order chi connectivity index (χ0) is 24.5. The first-order valence-corrected chi connectivity index (χ1v) is 15.5. The Morgan fingerprint density at radius 2 is 1.85 bits per heavy atom. The standard InChI is InChI=1S/C24H30ClN3O4S2/c1-33(29,30)27-12-3-5-18-15-19-16-20(25)7-8-21(19)23(24-22(18)6-4-11-26-24)17-9-13-28(14-10-17)34(2,31)32/h4,6-8,11,15-17,23,27H,3,5,9-10,12-14H2,1-2H3. The summed E-state index contributed by atoms with van der Waals surface area (Å²) in [6.07, 6.45) is 9.23. The molecule has 0 amide bonds. The second-order valence-electron chi connectivity index (χ2n) is 9.13. The van der Waals surface area contributed by atoms with Gasteiger partial charge in [-0.3, -0.25) is 4.98 Å². The van der Waals surface area contributed by atoms with Crippen molar-refractivity contribution in [1.82, 2.24) is 14.0 Å². The van der Waals surface area contributed by atoms with Crippen molar-refractivity contribution >= 4 is 43.3 Å². The van der Waals surface area contributed by atoms with Gasteiger partial charge in [-0.2, -0.15) is 0 Å². The third-order valence-corrected chi connectivity index (χ3v) is 8.89. The minimum absolute atomic E-state index is 0.0214. The predicted molar refractivity (Wildman–Crippen MR) is 137 cm³/mol. The first kappa shape index (κ1) is 25.3. The molecule has 1 N–H and O–H groups in total. The molecule has 1 atom stereocenters. The molecule has 2 aromatic rings. The highest BCUT2D eigenvalue weighted by molar-refractivity contribution is 7.88. The minimum atomic E-state index is -3.23. The van der Waals surface area contributed by atoms with Crippen molar-refractivity contribution < 1.29 is 16.8 Å². The maximum Gasteiger partial charge on any atom is 0.211 e. The second kappa shape index (κ2) is 10.1. The van der Waals surface area contributed by atoms with E-state index in [1.807, 2.05) is 18.2 Å². The maximum atomic E-state index is 12.0. The number of benzene rings is 1. The average Bonchev–Trinajstić information content (AvgIpc) is 2.90. The number of nitrogens with one attached hydrogen (secondary N) is 1. The van der Waals surface area contributed by atoms with Gasteiger partial charge in [0, 0.05) is 36.8 Å². The van der Waals surface area contributed by atoms with Crippen molar-refractivity contribution in [3.8, 4) is 0 Å². The molecule has 1 aromatic carbocycles. The van der Waals surface area contributed by atoms with Gasteiger partial charge < -0.3 is 0 Å². The molecule has 1 unspecified atom stereocenters. The Morgan fingerprint density at radius 1 is 1.12 bits per heavy atom. The minimum Gasteiger partial charge on any atom is -0.260 e. The van der Waals surface area contributed by atoms with E-state index in [1.54, 1.807) is 10.5 Å². The molecule has 2 aliphatic rings. The van der Waals surface area contributed by atoms with Crippen molar-refractivity contribution in [3.63, 3.8) is 0 Å². The third-order valence-electron chi connectivity index (χ3n) is 6.62. The van der Waals surface area contributed by atoms with Gasteiger partial charge in [0.2, 0.25) is 20.0 Å². The number of nitrogens with zero attached hydrogens (tertiary/aromatic N) is 2. The van der Waals surface area contributed by atoms with Gasteiger partial charge in [0.1, 0.15) is 0 Å². The number of pyridine rings is 1. The van der Waals surface area contributed by atoms with Gasteiger partial charge in [-0.25, -0.2) is 25.9 Å². The molecule has 1 aliphatic heterocycles. The van der Waals surface area contributed by atoms with E-state index in [0.717, 1.165) is 47.1 Å². The highest BCUT2D eigenvalue weighted by Crippen LogP contribution is 2.45. The van der Waals surface area contributed by atoms with Crippen molar-refractivity contribution in [2.75, 3.05) is 32.1 Å². The Morgan fingerprint density at radius 3 is 2.53 bits per heavy atom. The van der Waals surface area contributed by atoms with E-state index in [-0.39, 0.29) is 11.8 Å². The van der Waals surface area contributed by atoms with Crippen LogP contribution in [0.3, 0.4) is 0 Å². The van der Waals surface area contributed by atoms with Crippen molar-refractivity contribution in [3.05, 3.63) is 63.9 Å². The van der Waals surface area contributed by atoms with E-state index in [4.69, 9.17) is 16.6 Å². The summed E-state index contributed by atoms with van der Waals surface area (Å²) in [7, 11) is -6.44. The lowest BCUT2D eigenvalue weighted by atomic mass is 9.76. The largest absolute Gasteiger partial charge is 0.260 e. The maximum absolute atomic E-state index is 12.0. The van der Waals surface area contributed by atoms with Crippen LogP contribution in [-0.2, 0) is 20.0 Å². The number of hydrogen-bond donors (Lipinski definition) is 1. The zero-order valence-corrected chi connectivity index (χ0v) is 21.8. The van der Waals surface area contributed by atoms with Crippen LogP contribution in [0.2, 0.25) is 5.02 Å². The molecule has 10 heteroatoms. The Labute approximate surface area is 207 Å². The Bertz CT molecular complexity index is 1300. The Balaban J connectivity index is 1.70. The molecule has 1 saturated heterocycles. The highest BCUT2D eigenvalue weighted by atomic mass is 35.5. The third kappa shape index (κ3) is 5.88. The fraction of sp³-hybridized carbons (Fsp3) is 0.458. The SMILES string of the molecule is CS(=O)(=O)NCCCC1=Cc2cc(Cl)ccc2C(C2CCN(S(C)(=O)=O)CC2)c2ncccc21. The van der Waals surface area contributed by atoms with Gasteiger partial charge >= 0.3 is 0 Å². The van der Waals surface area contributed by atoms with Crippen LogP contribution in [0.5, 0.6) is 0 Å². The average molecular weight is 524 g/mol. The highest BCUT2D eigenvalue weighted by Gasteiger charge is 2.35. The molecule has 0 bridgehead atoms. The van der Waals surface area contributed by atoms with Gasteiger partial charge in [0.05, 0.1) is 18.2 Å². The van der Waals surface area contributed by atoms with E-state index in [1.165, 1.54) is 6.26 Å². The van der Waals surface area contributed by atoms with Crippen molar-refractivity contribution in [2.24, 2.45) is 5.92 Å². The summed E-state index contributed by atoms with van der Waals surface area (Å²) in [4.78, 5) is 4.83. The molecule has 1 aromatic heterocycles. The number of hydrogen-bond acceptors (Lipinski definition) is 5. The van der Waals surface area contributed by atoms with E-state index >= 15 is 0 Å². The quantitative estimate of drug-likeness (QED) is 0.558. The number of sulfonamides is 2. The lowest BCUT2D eigenvalue weighted by Crippen LogP contribution is -2.39. The molecular weight excluding hydrogens is 494 g/mol. The topological polar surface area (TPSA) is 96.4 Å². The summed E-state index contributed by atoms with van der Waals surface area (Å²) in [6.45, 7) is 1.37. The predicted octanol–water partition coefficient (Wildman–Crippen LogP) is 3.72. The smallest absolute Gasteiger partial charge is 0.211 e. The second-order valence-corrected chi connectivity index (χ2v) is 13.4. The summed E-state index contributed by atoms with van der Waals surface area (Å²) in [5.41, 5.74) is 5.32. The first-order valence-electron chi connectivity index (χ1n) is 11.4. The number of fused-ring (bicyclic) bond motifs is 2. The number of piperidine rings is 1. The zero-order valence-electron chi connectivity index (χ0n) is 19.4. The van der Waals surface area contributed by atoms with Crippen LogP contribution in [0.25, 0.3) is 11.6 Å². The molecule has 1 fully saturated rings. The van der Waals surface area contributed by atoms with E-state index in [0.29, 0.717) is 37.5 Å². The van der Waals surface area contributed by atoms with Crippen molar-refractivity contribution in [1.29, 1.82) is 0 Å². The molecule has 7 nitrogen and oxygen atoms in total. The first-order chi connectivity index (χ1) is 16.0. The summed E-state index contributed by atoms with van der Waals surface area (Å²) in [5.74, 6) is 0.263. The summed E-state index contributed by atoms with van der Waals surface area (Å²) in [6, 6.07) is 9.93. The van der Waals surface area contributed by atoms with Crippen LogP contribution in [0.15, 0.2) is 36.5 Å². The van der Waals surface area contributed by atoms with E-state index in [9.17, 15) is 16.8 Å². The number of aromatic nitrogens is 1. The fourth-order valence-corrected chi connectivity index (χ4v) is 6.63. The normalized spacial score (nSPS) is 19.7. The number of rotatable bonds is 7. The summed E-state index contributed by atoms with van der Waals surface area (Å²) in [5, 5.41) is 0.651. The van der Waals surface area contributed by atoms with Crippen LogP contribution < -0.4 is 4.72 Å². The van der Waals surface area contributed by atoms with Crippen LogP contribution in [0.4, 0.5) is 0 Å². The molecule has 34 heavy (non-hydrogen) atoms. The van der Waals surface area contributed by atoms with E-state index in [2.05, 4.69) is 22.9 Å². The molecule has 0 spiro atoms. The number of halogens is 1. The molecule has 1 aliphatic carbocycles. The van der Waals surface area contributed by atoms with E-state index < -0.39 is 20.0 Å². The summed E-state index contributed by atoms with van der Waals surface area (Å²) < 4.78 is 51.1. The molecule has 4 rings (SSSR count). The van der Waals surface area contributed by atoms with Crippen LogP contribution in [0, 0.1) is 5.92 Å². The Kier molecular flexibility index (Phi) is 7.50. The fourth-order valence-electron chi connectivity index (χ4n) is 5.06. The lowest BCUT2D eigenvalue weighted by molar-refractivity contribution is 0.256. The Hall–Kier alpha value is -1.78.